The number of fused-ring (bicyclic) bond motifs is 1. The summed E-state index contributed by atoms with van der Waals surface area (Å²) in [4.78, 5) is 2.61. The summed E-state index contributed by atoms with van der Waals surface area (Å²) in [6.45, 7) is 6.94. The number of nitrogens with zero attached hydrogens (tertiary/aromatic N) is 2. The van der Waals surface area contributed by atoms with E-state index in [1.807, 2.05) is 0 Å². The molecular formula is C22H35IN2. The van der Waals surface area contributed by atoms with Crippen molar-refractivity contribution in [3.8, 4) is 0 Å². The fourth-order valence-electron chi connectivity index (χ4n) is 3.36. The second kappa shape index (κ2) is 12.5. The Hall–Kier alpha value is -0.840. The van der Waals surface area contributed by atoms with Crippen LogP contribution in [0.3, 0.4) is 0 Å². The van der Waals surface area contributed by atoms with Gasteiger partial charge < -0.3 is 28.9 Å². The van der Waals surface area contributed by atoms with Crippen molar-refractivity contribution in [2.45, 2.75) is 65.2 Å². The molecule has 1 aromatic heterocycles. The molecule has 0 radical (unpaired) electrons. The fraction of sp³-hybridized carbons (Fsp3) is 0.591. The zero-order chi connectivity index (χ0) is 17.2. The average molecular weight is 454 g/mol. The summed E-state index contributed by atoms with van der Waals surface area (Å²) >= 11 is 0. The van der Waals surface area contributed by atoms with Crippen LogP contribution in [0.25, 0.3) is 10.9 Å². The maximum atomic E-state index is 2.61. The molecule has 2 nitrogen and oxygen atoms in total. The summed E-state index contributed by atoms with van der Waals surface area (Å²) < 4.78 is 2.23. The van der Waals surface area contributed by atoms with Gasteiger partial charge in [0.15, 0.2) is 6.20 Å². The highest BCUT2D eigenvalue weighted by molar-refractivity contribution is 5.79. The number of aromatic nitrogens is 1. The van der Waals surface area contributed by atoms with Crippen LogP contribution in [0, 0.1) is 0 Å². The Morgan fingerprint density at radius 2 is 1.48 bits per heavy atom. The lowest BCUT2D eigenvalue weighted by molar-refractivity contribution is -0.644. The van der Waals surface area contributed by atoms with Gasteiger partial charge in [-0.3, -0.25) is 0 Å². The number of rotatable bonds is 11. The number of hydrogen-bond acceptors (Lipinski definition) is 1. The number of halogens is 1. The van der Waals surface area contributed by atoms with Crippen molar-refractivity contribution < 1.29 is 28.5 Å². The maximum Gasteiger partial charge on any atom is 0.214 e. The molecule has 140 valence electrons. The second-order valence-electron chi connectivity index (χ2n) is 6.97. The van der Waals surface area contributed by atoms with Crippen LogP contribution in [-0.2, 0) is 7.05 Å². The van der Waals surface area contributed by atoms with Crippen molar-refractivity contribution in [1.29, 1.82) is 0 Å². The highest BCUT2D eigenvalue weighted by Gasteiger charge is 2.11. The quantitative estimate of drug-likeness (QED) is 0.288. The van der Waals surface area contributed by atoms with Gasteiger partial charge in [-0.2, -0.15) is 0 Å². The summed E-state index contributed by atoms with van der Waals surface area (Å²) in [6.07, 6.45) is 12.8. The van der Waals surface area contributed by atoms with Gasteiger partial charge in [-0.15, -0.1) is 0 Å². The zero-order valence-corrected chi connectivity index (χ0v) is 18.5. The van der Waals surface area contributed by atoms with Gasteiger partial charge in [-0.05, 0) is 31.0 Å². The first kappa shape index (κ1) is 22.2. The van der Waals surface area contributed by atoms with E-state index < -0.39 is 0 Å². The molecule has 0 unspecified atom stereocenters. The minimum Gasteiger partial charge on any atom is -1.00 e. The van der Waals surface area contributed by atoms with Gasteiger partial charge in [0.05, 0.1) is 0 Å². The minimum atomic E-state index is 0. The van der Waals surface area contributed by atoms with Crippen LogP contribution in [0.15, 0.2) is 36.5 Å². The van der Waals surface area contributed by atoms with Gasteiger partial charge >= 0.3 is 0 Å². The van der Waals surface area contributed by atoms with Crippen molar-refractivity contribution in [3.63, 3.8) is 0 Å². The number of benzene rings is 1. The topological polar surface area (TPSA) is 7.12 Å². The molecule has 0 spiro atoms. The lowest BCUT2D eigenvalue weighted by Crippen LogP contribution is -3.00. The van der Waals surface area contributed by atoms with E-state index in [0.717, 1.165) is 0 Å². The molecule has 3 heteroatoms. The summed E-state index contributed by atoms with van der Waals surface area (Å²) in [6, 6.07) is 11.3. The van der Waals surface area contributed by atoms with Crippen LogP contribution in [0.4, 0.5) is 5.69 Å². The molecule has 0 saturated carbocycles. The van der Waals surface area contributed by atoms with Crippen molar-refractivity contribution in [3.05, 3.63) is 36.5 Å². The van der Waals surface area contributed by atoms with Gasteiger partial charge in [-0.25, -0.2) is 4.57 Å². The Balaban J connectivity index is 0.00000312. The van der Waals surface area contributed by atoms with E-state index in [4.69, 9.17) is 0 Å². The van der Waals surface area contributed by atoms with Crippen LogP contribution in [0.1, 0.15) is 65.2 Å². The molecule has 0 bridgehead atoms. The van der Waals surface area contributed by atoms with E-state index >= 15 is 0 Å². The SMILES string of the molecule is CCCCCCN(CCCCCC)c1ccc2ccc[n+](C)c2c1.[I-]. The monoisotopic (exact) mass is 454 g/mol. The number of anilines is 1. The van der Waals surface area contributed by atoms with Crippen LogP contribution in [0.5, 0.6) is 0 Å². The van der Waals surface area contributed by atoms with E-state index in [2.05, 4.69) is 66.9 Å². The Labute approximate surface area is 171 Å². The van der Waals surface area contributed by atoms with Crippen LogP contribution in [-0.4, -0.2) is 13.1 Å². The molecular weight excluding hydrogens is 419 g/mol. The van der Waals surface area contributed by atoms with Crippen LogP contribution < -0.4 is 33.4 Å². The predicted octanol–water partition coefficient (Wildman–Crippen LogP) is 2.64. The largest absolute Gasteiger partial charge is 1.00 e. The van der Waals surface area contributed by atoms with Gasteiger partial charge in [-0.1, -0.05) is 52.4 Å². The molecule has 0 aliphatic carbocycles. The fourth-order valence-corrected chi connectivity index (χ4v) is 3.36. The molecule has 0 saturated heterocycles. The standard InChI is InChI=1S/C22H35N2.HI/c1-4-6-8-10-17-24(18-11-9-7-5-2)21-15-14-20-13-12-16-23(3)22(20)19-21;/h12-16,19H,4-11,17-18H2,1-3H3;1H/q+1;/p-1. The first-order valence-corrected chi connectivity index (χ1v) is 9.89. The number of aryl methyl sites for hydroxylation is 1. The molecule has 0 aliphatic heterocycles. The molecule has 0 amide bonds. The molecule has 2 rings (SSSR count). The third kappa shape index (κ3) is 7.12. The highest BCUT2D eigenvalue weighted by atomic mass is 127. The molecule has 1 heterocycles. The predicted molar refractivity (Wildman–Crippen MR) is 106 cm³/mol. The van der Waals surface area contributed by atoms with E-state index in [9.17, 15) is 0 Å². The molecule has 2 aromatic rings. The molecule has 0 atom stereocenters. The molecule has 1 aromatic carbocycles. The smallest absolute Gasteiger partial charge is 0.214 e. The summed E-state index contributed by atoms with van der Waals surface area (Å²) in [7, 11) is 2.14. The van der Waals surface area contributed by atoms with E-state index in [1.165, 1.54) is 81.0 Å². The van der Waals surface area contributed by atoms with Crippen LogP contribution >= 0.6 is 0 Å². The first-order valence-electron chi connectivity index (χ1n) is 9.89. The van der Waals surface area contributed by atoms with Crippen LogP contribution in [0.2, 0.25) is 0 Å². The third-order valence-corrected chi connectivity index (χ3v) is 4.91. The van der Waals surface area contributed by atoms with E-state index in [1.54, 1.807) is 0 Å². The van der Waals surface area contributed by atoms with Crippen molar-refractivity contribution in [2.24, 2.45) is 7.05 Å². The minimum absolute atomic E-state index is 0. The summed E-state index contributed by atoms with van der Waals surface area (Å²) in [5.41, 5.74) is 2.71. The number of hydrogen-bond donors (Lipinski definition) is 0. The van der Waals surface area contributed by atoms with Crippen molar-refractivity contribution >= 4 is 16.6 Å². The summed E-state index contributed by atoms with van der Waals surface area (Å²) in [5.74, 6) is 0. The number of pyridine rings is 1. The summed E-state index contributed by atoms with van der Waals surface area (Å²) in [5, 5.41) is 1.32. The normalized spacial score (nSPS) is 10.7. The Kier molecular flexibility index (Phi) is 11.1. The van der Waals surface area contributed by atoms with Crippen molar-refractivity contribution in [2.75, 3.05) is 18.0 Å². The van der Waals surface area contributed by atoms with Crippen molar-refractivity contribution in [1.82, 2.24) is 0 Å². The molecule has 0 aliphatic rings. The van der Waals surface area contributed by atoms with Gasteiger partial charge in [0.1, 0.15) is 7.05 Å². The van der Waals surface area contributed by atoms with Gasteiger partial charge in [0, 0.05) is 36.3 Å². The molecule has 0 fully saturated rings. The second-order valence-corrected chi connectivity index (χ2v) is 6.97. The van der Waals surface area contributed by atoms with E-state index in [0.29, 0.717) is 0 Å². The lowest BCUT2D eigenvalue weighted by Gasteiger charge is -2.25. The van der Waals surface area contributed by atoms with E-state index in [-0.39, 0.29) is 24.0 Å². The van der Waals surface area contributed by atoms with Gasteiger partial charge in [0.2, 0.25) is 5.52 Å². The zero-order valence-electron chi connectivity index (χ0n) is 16.3. The van der Waals surface area contributed by atoms with Gasteiger partial charge in [0.25, 0.3) is 0 Å². The first-order chi connectivity index (χ1) is 11.8. The Bertz CT molecular complexity index is 600. The Morgan fingerprint density at radius 1 is 0.840 bits per heavy atom. The highest BCUT2D eigenvalue weighted by Crippen LogP contribution is 2.21. The maximum absolute atomic E-state index is 2.61. The Morgan fingerprint density at radius 3 is 2.08 bits per heavy atom. The number of unbranched alkanes of at least 4 members (excludes halogenated alkanes) is 6. The molecule has 0 N–H and O–H groups in total. The molecule has 25 heavy (non-hydrogen) atoms. The average Bonchev–Trinajstić information content (AvgIpc) is 2.60. The third-order valence-electron chi connectivity index (χ3n) is 4.91. The lowest BCUT2D eigenvalue weighted by atomic mass is 10.1.